The van der Waals surface area contributed by atoms with Gasteiger partial charge in [-0.2, -0.15) is 4.98 Å². The number of aromatic amines is 1. The molecule has 0 aliphatic heterocycles. The van der Waals surface area contributed by atoms with Gasteiger partial charge in [0.05, 0.1) is 6.33 Å². The average Bonchev–Trinajstić information content (AvgIpc) is 2.15. The third-order valence-corrected chi connectivity index (χ3v) is 0.931. The molecule has 0 spiro atoms. The first-order valence-corrected chi connectivity index (χ1v) is 2.19. The van der Waals surface area contributed by atoms with E-state index in [1.165, 1.54) is 6.39 Å². The van der Waals surface area contributed by atoms with Crippen molar-refractivity contribution < 1.29 is 4.42 Å². The second-order valence-electron chi connectivity index (χ2n) is 1.41. The van der Waals surface area contributed by atoms with E-state index < -0.39 is 0 Å². The topological polar surface area (TPSA) is 54.7 Å². The molecule has 0 aromatic carbocycles. The Morgan fingerprint density at radius 2 is 2.50 bits per heavy atom. The molecule has 4 nitrogen and oxygen atoms in total. The molecule has 0 radical (unpaired) electrons. The number of hydrogen-bond acceptors (Lipinski definition) is 3. The zero-order valence-electron chi connectivity index (χ0n) is 3.96. The number of nitrogens with one attached hydrogen (secondary N) is 1. The number of hydrogen-bond donors (Lipinski definition) is 1. The van der Waals surface area contributed by atoms with Gasteiger partial charge in [0.25, 0.3) is 0 Å². The molecular weight excluding hydrogens is 106 g/mol. The van der Waals surface area contributed by atoms with Crippen LogP contribution in [0.2, 0.25) is 0 Å². The van der Waals surface area contributed by atoms with Crippen molar-refractivity contribution in [3.05, 3.63) is 12.7 Å². The number of nitrogens with zero attached hydrogens (tertiary/aromatic N) is 2. The van der Waals surface area contributed by atoms with Gasteiger partial charge in [0.15, 0.2) is 6.39 Å². The smallest absolute Gasteiger partial charge is 0.245 e. The molecule has 8 heavy (non-hydrogen) atoms. The maximum absolute atomic E-state index is 4.83. The Morgan fingerprint density at radius 1 is 1.50 bits per heavy atom. The molecule has 0 unspecified atom stereocenters. The zero-order chi connectivity index (χ0) is 5.40. The zero-order valence-corrected chi connectivity index (χ0v) is 3.96. The van der Waals surface area contributed by atoms with Crippen molar-refractivity contribution in [2.24, 2.45) is 0 Å². The van der Waals surface area contributed by atoms with Crippen molar-refractivity contribution in [2.45, 2.75) is 0 Å². The fourth-order valence-electron chi connectivity index (χ4n) is 0.583. The lowest BCUT2D eigenvalue weighted by molar-refractivity contribution is 0.591. The van der Waals surface area contributed by atoms with Crippen LogP contribution in [-0.4, -0.2) is 15.0 Å². The van der Waals surface area contributed by atoms with Crippen molar-refractivity contribution in [3.8, 4) is 0 Å². The summed E-state index contributed by atoms with van der Waals surface area (Å²) >= 11 is 0. The van der Waals surface area contributed by atoms with E-state index in [1.807, 2.05) is 0 Å². The summed E-state index contributed by atoms with van der Waals surface area (Å²) in [4.78, 5) is 10.3. The van der Waals surface area contributed by atoms with Gasteiger partial charge in [0.1, 0.15) is 0 Å². The van der Waals surface area contributed by atoms with Crippen molar-refractivity contribution in [1.82, 2.24) is 15.0 Å². The van der Waals surface area contributed by atoms with Crippen LogP contribution in [0.5, 0.6) is 0 Å². The Kier molecular flexibility index (Phi) is 0.498. The lowest BCUT2D eigenvalue weighted by Crippen LogP contribution is -1.58. The van der Waals surface area contributed by atoms with E-state index in [-0.39, 0.29) is 0 Å². The minimum Gasteiger partial charge on any atom is -0.425 e. The normalized spacial score (nSPS) is 10.5. The molecule has 4 heteroatoms. The Morgan fingerprint density at radius 3 is 3.38 bits per heavy atom. The Balaban J connectivity index is 3.06. The first-order chi connectivity index (χ1) is 3.97. The molecule has 2 aromatic heterocycles. The molecule has 2 rings (SSSR count). The SMILES string of the molecule is c1nc2ncoc2[nH]1. The largest absolute Gasteiger partial charge is 0.425 e. The maximum atomic E-state index is 4.83. The van der Waals surface area contributed by atoms with E-state index in [0.717, 1.165) is 0 Å². The van der Waals surface area contributed by atoms with Crippen LogP contribution in [0, 0.1) is 0 Å². The predicted octanol–water partition coefficient (Wildman–Crippen LogP) is 0.551. The Bertz CT molecular complexity index is 233. The van der Waals surface area contributed by atoms with Gasteiger partial charge in [-0.15, -0.1) is 0 Å². The highest BCUT2D eigenvalue weighted by Gasteiger charge is 1.95. The summed E-state index contributed by atoms with van der Waals surface area (Å²) in [6.45, 7) is 0. The number of oxazole rings is 1. The standard InChI is InChI=1S/C4H3N3O/c1-5-3-4(6-1)8-2-7-3/h1-2H,(H,5,6). The number of H-pyrrole nitrogens is 1. The van der Waals surface area contributed by atoms with Gasteiger partial charge in [-0.05, 0) is 0 Å². The summed E-state index contributed by atoms with van der Waals surface area (Å²) in [6, 6.07) is 0. The summed E-state index contributed by atoms with van der Waals surface area (Å²) in [5.41, 5.74) is 1.26. The summed E-state index contributed by atoms with van der Waals surface area (Å²) in [5, 5.41) is 0. The quantitative estimate of drug-likeness (QED) is 0.537. The second-order valence-corrected chi connectivity index (χ2v) is 1.41. The number of imidazole rings is 1. The highest BCUT2D eigenvalue weighted by atomic mass is 16.3. The van der Waals surface area contributed by atoms with Crippen molar-refractivity contribution >= 4 is 11.4 Å². The summed E-state index contributed by atoms with van der Waals surface area (Å²) in [6.07, 6.45) is 2.90. The maximum Gasteiger partial charge on any atom is 0.245 e. The van der Waals surface area contributed by atoms with Gasteiger partial charge in [-0.1, -0.05) is 0 Å². The molecule has 0 fully saturated rings. The Hall–Kier alpha value is -1.32. The van der Waals surface area contributed by atoms with Gasteiger partial charge >= 0.3 is 0 Å². The minimum atomic E-state index is 0.630. The van der Waals surface area contributed by atoms with Crippen LogP contribution in [0.1, 0.15) is 0 Å². The monoisotopic (exact) mass is 109 g/mol. The molecule has 2 aromatic rings. The fourth-order valence-corrected chi connectivity index (χ4v) is 0.583. The van der Waals surface area contributed by atoms with Crippen molar-refractivity contribution in [1.29, 1.82) is 0 Å². The molecule has 40 valence electrons. The highest BCUT2D eigenvalue weighted by molar-refractivity contribution is 5.61. The van der Waals surface area contributed by atoms with E-state index in [1.54, 1.807) is 6.33 Å². The van der Waals surface area contributed by atoms with Gasteiger partial charge < -0.3 is 9.40 Å². The Labute approximate surface area is 44.6 Å². The van der Waals surface area contributed by atoms with Crippen LogP contribution in [-0.2, 0) is 0 Å². The van der Waals surface area contributed by atoms with E-state index in [2.05, 4.69) is 15.0 Å². The summed E-state index contributed by atoms with van der Waals surface area (Å²) < 4.78 is 4.83. The van der Waals surface area contributed by atoms with E-state index in [0.29, 0.717) is 11.4 Å². The molecule has 1 N–H and O–H groups in total. The second kappa shape index (κ2) is 1.09. The van der Waals surface area contributed by atoms with Gasteiger partial charge in [0.2, 0.25) is 11.4 Å². The van der Waals surface area contributed by atoms with E-state index in [4.69, 9.17) is 4.42 Å². The summed E-state index contributed by atoms with van der Waals surface area (Å²) in [5.74, 6) is 0. The van der Waals surface area contributed by atoms with Crippen LogP contribution < -0.4 is 0 Å². The first-order valence-electron chi connectivity index (χ1n) is 2.19. The van der Waals surface area contributed by atoms with Gasteiger partial charge in [0, 0.05) is 0 Å². The molecule has 0 saturated heterocycles. The molecule has 0 saturated carbocycles. The van der Waals surface area contributed by atoms with Crippen LogP contribution in [0.4, 0.5) is 0 Å². The third kappa shape index (κ3) is 0.294. The molecule has 0 atom stereocenters. The lowest BCUT2D eigenvalue weighted by Gasteiger charge is -1.63. The molecular formula is C4H3N3O. The van der Waals surface area contributed by atoms with E-state index in [9.17, 15) is 0 Å². The molecule has 2 heterocycles. The number of fused-ring (bicyclic) bond motifs is 1. The van der Waals surface area contributed by atoms with Crippen molar-refractivity contribution in [3.63, 3.8) is 0 Å². The van der Waals surface area contributed by atoms with E-state index >= 15 is 0 Å². The number of aromatic nitrogens is 3. The molecule has 0 aliphatic carbocycles. The molecule has 0 amide bonds. The molecule has 0 bridgehead atoms. The van der Waals surface area contributed by atoms with Gasteiger partial charge in [-0.3, -0.25) is 0 Å². The van der Waals surface area contributed by atoms with Crippen molar-refractivity contribution in [2.75, 3.05) is 0 Å². The average molecular weight is 109 g/mol. The first kappa shape index (κ1) is 3.65. The predicted molar refractivity (Wildman–Crippen MR) is 26.2 cm³/mol. The number of rotatable bonds is 0. The molecule has 0 aliphatic rings. The van der Waals surface area contributed by atoms with Crippen LogP contribution in [0.25, 0.3) is 11.4 Å². The van der Waals surface area contributed by atoms with Crippen LogP contribution >= 0.6 is 0 Å². The highest BCUT2D eigenvalue weighted by Crippen LogP contribution is 2.02. The van der Waals surface area contributed by atoms with Gasteiger partial charge in [-0.25, -0.2) is 4.98 Å². The minimum absolute atomic E-state index is 0.630. The summed E-state index contributed by atoms with van der Waals surface area (Å²) in [7, 11) is 0. The van der Waals surface area contributed by atoms with Crippen LogP contribution in [0.3, 0.4) is 0 Å². The fraction of sp³-hybridized carbons (Fsp3) is 0. The lowest BCUT2D eigenvalue weighted by atomic mass is 10.8. The third-order valence-electron chi connectivity index (χ3n) is 0.931. The van der Waals surface area contributed by atoms with Crippen LogP contribution in [0.15, 0.2) is 17.1 Å².